The zero-order valence-electron chi connectivity index (χ0n) is 11.7. The van der Waals surface area contributed by atoms with Gasteiger partial charge in [0.1, 0.15) is 22.3 Å². The summed E-state index contributed by atoms with van der Waals surface area (Å²) in [6.07, 6.45) is 0. The fraction of sp³-hybridized carbons (Fsp3) is 0.308. The van der Waals surface area contributed by atoms with E-state index in [9.17, 15) is 17.2 Å². The third kappa shape index (κ3) is 2.96. The molecule has 1 aromatic carbocycles. The second kappa shape index (κ2) is 5.53. The van der Waals surface area contributed by atoms with Crippen LogP contribution in [-0.2, 0) is 16.6 Å². The Morgan fingerprint density at radius 3 is 2.48 bits per heavy atom. The monoisotopic (exact) mass is 316 g/mol. The van der Waals surface area contributed by atoms with Gasteiger partial charge in [0.05, 0.1) is 5.69 Å². The van der Waals surface area contributed by atoms with Crippen LogP contribution in [0.15, 0.2) is 27.6 Å². The Kier molecular flexibility index (Phi) is 4.11. The van der Waals surface area contributed by atoms with E-state index in [4.69, 9.17) is 4.52 Å². The number of rotatable bonds is 4. The van der Waals surface area contributed by atoms with Gasteiger partial charge in [-0.25, -0.2) is 17.2 Å². The van der Waals surface area contributed by atoms with E-state index in [1.165, 1.54) is 7.05 Å². The molecular formula is C13H14F2N2O3S. The first-order chi connectivity index (χ1) is 9.73. The highest BCUT2D eigenvalue weighted by molar-refractivity contribution is 7.89. The zero-order chi connectivity index (χ0) is 15.8. The predicted molar refractivity (Wildman–Crippen MR) is 71.0 cm³/mol. The number of halogens is 2. The average molecular weight is 316 g/mol. The molecule has 0 aliphatic rings. The third-order valence-electron chi connectivity index (χ3n) is 3.14. The average Bonchev–Trinajstić information content (AvgIpc) is 2.70. The van der Waals surface area contributed by atoms with Crippen molar-refractivity contribution < 1.29 is 21.7 Å². The van der Waals surface area contributed by atoms with Crippen LogP contribution in [0.1, 0.15) is 17.0 Å². The van der Waals surface area contributed by atoms with E-state index in [1.54, 1.807) is 13.8 Å². The molecule has 1 heterocycles. The van der Waals surface area contributed by atoms with Gasteiger partial charge in [-0.15, -0.1) is 0 Å². The van der Waals surface area contributed by atoms with Crippen molar-refractivity contribution >= 4 is 10.0 Å². The maximum absolute atomic E-state index is 13.7. The number of aromatic nitrogens is 1. The molecule has 2 rings (SSSR count). The standard InChI is InChI=1S/C13H14F2N2O3S/c1-8-11(9(2)20-16-8)7-17(3)21(18,19)13-5-4-10(14)6-12(13)15/h4-6H,7H2,1-3H3. The summed E-state index contributed by atoms with van der Waals surface area (Å²) in [6, 6.07) is 2.35. The molecule has 0 atom stereocenters. The number of hydrogen-bond donors (Lipinski definition) is 0. The summed E-state index contributed by atoms with van der Waals surface area (Å²) in [5, 5.41) is 3.73. The maximum Gasteiger partial charge on any atom is 0.246 e. The molecule has 0 aliphatic heterocycles. The van der Waals surface area contributed by atoms with Crippen LogP contribution in [0.5, 0.6) is 0 Å². The van der Waals surface area contributed by atoms with Crippen molar-refractivity contribution in [1.29, 1.82) is 0 Å². The number of nitrogens with zero attached hydrogens (tertiary/aromatic N) is 2. The SMILES string of the molecule is Cc1noc(C)c1CN(C)S(=O)(=O)c1ccc(F)cc1F. The lowest BCUT2D eigenvalue weighted by Crippen LogP contribution is -2.27. The van der Waals surface area contributed by atoms with Gasteiger partial charge in [0, 0.05) is 25.2 Å². The molecular weight excluding hydrogens is 302 g/mol. The Balaban J connectivity index is 2.35. The molecule has 0 saturated carbocycles. The lowest BCUT2D eigenvalue weighted by molar-refractivity contribution is 0.390. The minimum Gasteiger partial charge on any atom is -0.361 e. The first-order valence-electron chi connectivity index (χ1n) is 6.06. The summed E-state index contributed by atoms with van der Waals surface area (Å²) >= 11 is 0. The van der Waals surface area contributed by atoms with Crippen LogP contribution in [0.25, 0.3) is 0 Å². The van der Waals surface area contributed by atoms with Crippen molar-refractivity contribution in [2.45, 2.75) is 25.3 Å². The summed E-state index contributed by atoms with van der Waals surface area (Å²) in [5.41, 5.74) is 1.18. The molecule has 0 N–H and O–H groups in total. The second-order valence-corrected chi connectivity index (χ2v) is 6.65. The topological polar surface area (TPSA) is 63.4 Å². The van der Waals surface area contributed by atoms with Crippen LogP contribution >= 0.6 is 0 Å². The molecule has 0 amide bonds. The highest BCUT2D eigenvalue weighted by atomic mass is 32.2. The summed E-state index contributed by atoms with van der Waals surface area (Å²) in [4.78, 5) is -0.571. The number of aryl methyl sites for hydroxylation is 2. The smallest absolute Gasteiger partial charge is 0.246 e. The van der Waals surface area contributed by atoms with Crippen molar-refractivity contribution in [2.75, 3.05) is 7.05 Å². The van der Waals surface area contributed by atoms with Crippen LogP contribution in [0, 0.1) is 25.5 Å². The molecule has 0 fully saturated rings. The van der Waals surface area contributed by atoms with Crippen molar-refractivity contribution in [3.63, 3.8) is 0 Å². The summed E-state index contributed by atoms with van der Waals surface area (Å²) < 4.78 is 57.1. The van der Waals surface area contributed by atoms with E-state index < -0.39 is 26.6 Å². The van der Waals surface area contributed by atoms with Crippen molar-refractivity contribution in [2.24, 2.45) is 0 Å². The minimum absolute atomic E-state index is 0.0136. The number of hydrogen-bond acceptors (Lipinski definition) is 4. The van der Waals surface area contributed by atoms with E-state index in [0.29, 0.717) is 23.1 Å². The fourth-order valence-electron chi connectivity index (χ4n) is 1.89. The van der Waals surface area contributed by atoms with E-state index in [1.807, 2.05) is 0 Å². The van der Waals surface area contributed by atoms with Gasteiger partial charge in [0.25, 0.3) is 0 Å². The molecule has 8 heteroatoms. The van der Waals surface area contributed by atoms with Crippen LogP contribution in [0.2, 0.25) is 0 Å². The quantitative estimate of drug-likeness (QED) is 0.869. The molecule has 0 bridgehead atoms. The van der Waals surface area contributed by atoms with Gasteiger partial charge in [0.2, 0.25) is 10.0 Å². The number of sulfonamides is 1. The van der Waals surface area contributed by atoms with Gasteiger partial charge in [-0.2, -0.15) is 4.31 Å². The molecule has 21 heavy (non-hydrogen) atoms. The van der Waals surface area contributed by atoms with Crippen LogP contribution in [0.4, 0.5) is 8.78 Å². The molecule has 0 spiro atoms. The lowest BCUT2D eigenvalue weighted by Gasteiger charge is -2.17. The molecule has 5 nitrogen and oxygen atoms in total. The summed E-state index contributed by atoms with van der Waals surface area (Å²) in [6.45, 7) is 3.33. The van der Waals surface area contributed by atoms with Gasteiger partial charge >= 0.3 is 0 Å². The van der Waals surface area contributed by atoms with Gasteiger partial charge < -0.3 is 4.52 Å². The molecule has 114 valence electrons. The highest BCUT2D eigenvalue weighted by Gasteiger charge is 2.26. The Bertz CT molecular complexity index is 752. The van der Waals surface area contributed by atoms with Crippen LogP contribution in [-0.4, -0.2) is 24.9 Å². The normalized spacial score (nSPS) is 12.1. The van der Waals surface area contributed by atoms with E-state index >= 15 is 0 Å². The van der Waals surface area contributed by atoms with Gasteiger partial charge in [-0.1, -0.05) is 5.16 Å². The maximum atomic E-state index is 13.7. The molecule has 2 aromatic rings. The summed E-state index contributed by atoms with van der Waals surface area (Å²) in [5.74, 6) is -1.46. The van der Waals surface area contributed by atoms with Crippen molar-refractivity contribution in [3.05, 3.63) is 46.9 Å². The van der Waals surface area contributed by atoms with Crippen molar-refractivity contribution in [1.82, 2.24) is 9.46 Å². The first-order valence-corrected chi connectivity index (χ1v) is 7.50. The first kappa shape index (κ1) is 15.6. The Hall–Kier alpha value is -1.80. The molecule has 0 unspecified atom stereocenters. The lowest BCUT2D eigenvalue weighted by atomic mass is 10.2. The zero-order valence-corrected chi connectivity index (χ0v) is 12.5. The Morgan fingerprint density at radius 1 is 1.29 bits per heavy atom. The minimum atomic E-state index is -4.07. The van der Waals surface area contributed by atoms with Crippen molar-refractivity contribution in [3.8, 4) is 0 Å². The summed E-state index contributed by atoms with van der Waals surface area (Å²) in [7, 11) is -2.76. The Labute approximate surface area is 121 Å². The third-order valence-corrected chi connectivity index (χ3v) is 4.98. The molecule has 1 aromatic heterocycles. The number of benzene rings is 1. The predicted octanol–water partition coefficient (Wildman–Crippen LogP) is 2.39. The molecule has 0 saturated heterocycles. The second-order valence-electron chi connectivity index (χ2n) is 4.64. The van der Waals surface area contributed by atoms with E-state index in [0.717, 1.165) is 16.4 Å². The highest BCUT2D eigenvalue weighted by Crippen LogP contribution is 2.22. The van der Waals surface area contributed by atoms with Gasteiger partial charge in [-0.05, 0) is 26.0 Å². The van der Waals surface area contributed by atoms with Gasteiger partial charge in [-0.3, -0.25) is 0 Å². The fourth-order valence-corrected chi connectivity index (χ4v) is 3.07. The largest absolute Gasteiger partial charge is 0.361 e. The Morgan fingerprint density at radius 2 is 1.95 bits per heavy atom. The van der Waals surface area contributed by atoms with Crippen LogP contribution in [0.3, 0.4) is 0 Å². The van der Waals surface area contributed by atoms with Crippen LogP contribution < -0.4 is 0 Å². The van der Waals surface area contributed by atoms with E-state index in [2.05, 4.69) is 5.16 Å². The van der Waals surface area contributed by atoms with E-state index in [-0.39, 0.29) is 6.54 Å². The molecule has 0 radical (unpaired) electrons. The molecule has 0 aliphatic carbocycles. The van der Waals surface area contributed by atoms with Gasteiger partial charge in [0.15, 0.2) is 0 Å².